The first-order chi connectivity index (χ1) is 13.1. The van der Waals surface area contributed by atoms with Crippen LogP contribution in [-0.4, -0.2) is 44.7 Å². The third-order valence-electron chi connectivity index (χ3n) is 4.83. The molecule has 1 saturated heterocycles. The highest BCUT2D eigenvalue weighted by Gasteiger charge is 2.27. The van der Waals surface area contributed by atoms with E-state index in [4.69, 9.17) is 19.9 Å². The lowest BCUT2D eigenvalue weighted by atomic mass is 9.97. The Morgan fingerprint density at radius 3 is 2.74 bits per heavy atom. The highest BCUT2D eigenvalue weighted by Crippen LogP contribution is 2.39. The number of primary amides is 1. The number of methoxy groups -OCH3 is 2. The van der Waals surface area contributed by atoms with E-state index in [2.05, 4.69) is 17.0 Å². The summed E-state index contributed by atoms with van der Waals surface area (Å²) in [5.41, 5.74) is 7.47. The van der Waals surface area contributed by atoms with Crippen molar-refractivity contribution in [2.24, 2.45) is 5.73 Å². The quantitative estimate of drug-likeness (QED) is 0.773. The summed E-state index contributed by atoms with van der Waals surface area (Å²) in [6.07, 6.45) is 1.07. The molecule has 6 nitrogen and oxygen atoms in total. The predicted molar refractivity (Wildman–Crippen MR) is 103 cm³/mol. The van der Waals surface area contributed by atoms with Gasteiger partial charge in [-0.15, -0.1) is 0 Å². The number of nitrogens with two attached hydrogens (primary N) is 1. The Hall–Kier alpha value is -2.73. The van der Waals surface area contributed by atoms with Crippen molar-refractivity contribution in [2.75, 3.05) is 33.9 Å². The molecule has 27 heavy (non-hydrogen) atoms. The Balaban J connectivity index is 1.65. The number of hydrogen-bond acceptors (Lipinski definition) is 5. The van der Waals surface area contributed by atoms with Gasteiger partial charge >= 0.3 is 0 Å². The number of hydrogen-bond donors (Lipinski definition) is 1. The molecule has 1 atom stereocenters. The molecule has 1 aliphatic heterocycles. The lowest BCUT2D eigenvalue weighted by molar-refractivity contribution is -0.119. The Kier molecular flexibility index (Phi) is 6.19. The SMILES string of the molecule is COc1cccc([C@H]2CCN(Cc3cccc(OCC(N)=O)c3)C2)c1OC. The summed E-state index contributed by atoms with van der Waals surface area (Å²) in [6.45, 7) is 2.69. The molecule has 1 heterocycles. The zero-order chi connectivity index (χ0) is 19.2. The molecule has 3 rings (SSSR count). The van der Waals surface area contributed by atoms with Crippen LogP contribution in [-0.2, 0) is 11.3 Å². The first kappa shape index (κ1) is 19.0. The van der Waals surface area contributed by atoms with Crippen LogP contribution in [0.1, 0.15) is 23.5 Å². The minimum absolute atomic E-state index is 0.106. The second kappa shape index (κ2) is 8.77. The Morgan fingerprint density at radius 2 is 2.00 bits per heavy atom. The average molecular weight is 370 g/mol. The maximum Gasteiger partial charge on any atom is 0.255 e. The number of rotatable bonds is 8. The van der Waals surface area contributed by atoms with E-state index in [1.165, 1.54) is 5.56 Å². The van der Waals surface area contributed by atoms with Crippen LogP contribution in [0, 0.1) is 0 Å². The fraction of sp³-hybridized carbons (Fsp3) is 0.381. The van der Waals surface area contributed by atoms with Crippen LogP contribution in [0.15, 0.2) is 42.5 Å². The van der Waals surface area contributed by atoms with Crippen LogP contribution in [0.5, 0.6) is 17.2 Å². The van der Waals surface area contributed by atoms with Gasteiger partial charge in [-0.1, -0.05) is 24.3 Å². The van der Waals surface area contributed by atoms with E-state index in [0.717, 1.165) is 43.1 Å². The van der Waals surface area contributed by atoms with Crippen LogP contribution in [0.25, 0.3) is 0 Å². The number of carbonyl (C=O) groups is 1. The van der Waals surface area contributed by atoms with Crippen LogP contribution >= 0.6 is 0 Å². The molecular formula is C21H26N2O4. The lowest BCUT2D eigenvalue weighted by Gasteiger charge is -2.19. The number of ether oxygens (including phenoxy) is 3. The molecule has 0 bridgehead atoms. The van der Waals surface area contributed by atoms with Crippen molar-refractivity contribution in [3.8, 4) is 17.2 Å². The Labute approximate surface area is 159 Å². The largest absolute Gasteiger partial charge is 0.493 e. The van der Waals surface area contributed by atoms with Crippen molar-refractivity contribution in [3.63, 3.8) is 0 Å². The number of para-hydroxylation sites is 1. The number of likely N-dealkylation sites (tertiary alicyclic amines) is 1. The lowest BCUT2D eigenvalue weighted by Crippen LogP contribution is -2.21. The van der Waals surface area contributed by atoms with Crippen molar-refractivity contribution in [1.29, 1.82) is 0 Å². The van der Waals surface area contributed by atoms with Gasteiger partial charge in [-0.25, -0.2) is 0 Å². The summed E-state index contributed by atoms with van der Waals surface area (Å²) in [5, 5.41) is 0. The third kappa shape index (κ3) is 4.71. The molecule has 2 N–H and O–H groups in total. The van der Waals surface area contributed by atoms with E-state index in [9.17, 15) is 4.79 Å². The number of benzene rings is 2. The highest BCUT2D eigenvalue weighted by molar-refractivity contribution is 5.75. The zero-order valence-electron chi connectivity index (χ0n) is 15.8. The normalized spacial score (nSPS) is 16.9. The Morgan fingerprint density at radius 1 is 1.19 bits per heavy atom. The fourth-order valence-electron chi connectivity index (χ4n) is 3.61. The van der Waals surface area contributed by atoms with E-state index >= 15 is 0 Å². The van der Waals surface area contributed by atoms with Crippen molar-refractivity contribution in [1.82, 2.24) is 4.90 Å². The van der Waals surface area contributed by atoms with Gasteiger partial charge < -0.3 is 19.9 Å². The molecule has 2 aromatic carbocycles. The maximum absolute atomic E-state index is 10.9. The van der Waals surface area contributed by atoms with Crippen LogP contribution in [0.2, 0.25) is 0 Å². The molecule has 1 aliphatic rings. The summed E-state index contributed by atoms with van der Waals surface area (Å²) >= 11 is 0. The molecule has 0 aliphatic carbocycles. The summed E-state index contributed by atoms with van der Waals surface area (Å²) in [4.78, 5) is 13.3. The number of carbonyl (C=O) groups excluding carboxylic acids is 1. The van der Waals surface area contributed by atoms with E-state index < -0.39 is 5.91 Å². The number of nitrogens with zero attached hydrogens (tertiary/aromatic N) is 1. The van der Waals surface area contributed by atoms with E-state index in [1.54, 1.807) is 14.2 Å². The van der Waals surface area contributed by atoms with E-state index in [-0.39, 0.29) is 6.61 Å². The van der Waals surface area contributed by atoms with Gasteiger partial charge in [0, 0.05) is 24.6 Å². The summed E-state index contributed by atoms with van der Waals surface area (Å²) in [7, 11) is 3.35. The molecule has 2 aromatic rings. The van der Waals surface area contributed by atoms with Crippen molar-refractivity contribution in [3.05, 3.63) is 53.6 Å². The van der Waals surface area contributed by atoms with Gasteiger partial charge in [-0.3, -0.25) is 9.69 Å². The summed E-state index contributed by atoms with van der Waals surface area (Å²) in [5.74, 6) is 2.19. The molecule has 0 saturated carbocycles. The number of amides is 1. The molecule has 144 valence electrons. The summed E-state index contributed by atoms with van der Waals surface area (Å²) in [6, 6.07) is 13.9. The summed E-state index contributed by atoms with van der Waals surface area (Å²) < 4.78 is 16.4. The second-order valence-corrected chi connectivity index (χ2v) is 6.71. The molecule has 1 amide bonds. The van der Waals surface area contributed by atoms with Crippen LogP contribution in [0.3, 0.4) is 0 Å². The first-order valence-electron chi connectivity index (χ1n) is 9.04. The van der Waals surface area contributed by atoms with Gasteiger partial charge in [0.2, 0.25) is 0 Å². The molecule has 0 spiro atoms. The smallest absolute Gasteiger partial charge is 0.255 e. The van der Waals surface area contributed by atoms with Gasteiger partial charge in [-0.2, -0.15) is 0 Å². The highest BCUT2D eigenvalue weighted by atomic mass is 16.5. The molecule has 6 heteroatoms. The first-order valence-corrected chi connectivity index (χ1v) is 9.04. The van der Waals surface area contributed by atoms with Gasteiger partial charge in [0.1, 0.15) is 5.75 Å². The van der Waals surface area contributed by atoms with Crippen molar-refractivity contribution in [2.45, 2.75) is 18.9 Å². The van der Waals surface area contributed by atoms with E-state index in [0.29, 0.717) is 11.7 Å². The Bertz CT molecular complexity index is 794. The third-order valence-corrected chi connectivity index (χ3v) is 4.83. The van der Waals surface area contributed by atoms with Crippen molar-refractivity contribution < 1.29 is 19.0 Å². The molecule has 1 fully saturated rings. The van der Waals surface area contributed by atoms with Gasteiger partial charge in [-0.05, 0) is 36.7 Å². The fourth-order valence-corrected chi connectivity index (χ4v) is 3.61. The molecule has 0 unspecified atom stereocenters. The minimum atomic E-state index is -0.477. The maximum atomic E-state index is 10.9. The van der Waals surface area contributed by atoms with Crippen molar-refractivity contribution >= 4 is 5.91 Å². The van der Waals surface area contributed by atoms with Gasteiger partial charge in [0.05, 0.1) is 14.2 Å². The van der Waals surface area contributed by atoms with Crippen LogP contribution in [0.4, 0.5) is 0 Å². The monoisotopic (exact) mass is 370 g/mol. The average Bonchev–Trinajstić information content (AvgIpc) is 3.14. The predicted octanol–water partition coefficient (Wildman–Crippen LogP) is 2.56. The molecular weight excluding hydrogens is 344 g/mol. The van der Waals surface area contributed by atoms with E-state index in [1.807, 2.05) is 30.3 Å². The van der Waals surface area contributed by atoms with Gasteiger partial charge in [0.15, 0.2) is 18.1 Å². The molecule has 0 aromatic heterocycles. The zero-order valence-corrected chi connectivity index (χ0v) is 15.8. The minimum Gasteiger partial charge on any atom is -0.493 e. The second-order valence-electron chi connectivity index (χ2n) is 6.71. The standard InChI is InChI=1S/C21H26N2O4/c1-25-19-8-4-7-18(21(19)26-2)16-9-10-23(13-16)12-15-5-3-6-17(11-15)27-14-20(22)24/h3-8,11,16H,9-10,12-14H2,1-2H3,(H2,22,24)/t16-/m0/s1. The topological polar surface area (TPSA) is 74.0 Å². The molecule has 0 radical (unpaired) electrons. The van der Waals surface area contributed by atoms with Crippen LogP contribution < -0.4 is 19.9 Å². The van der Waals surface area contributed by atoms with Gasteiger partial charge in [0.25, 0.3) is 5.91 Å².